The summed E-state index contributed by atoms with van der Waals surface area (Å²) in [5, 5.41) is 3.46. The second-order valence-corrected chi connectivity index (χ2v) is 10.4. The number of halogens is 1. The third-order valence-corrected chi connectivity index (χ3v) is 7.22. The molecule has 0 aliphatic carbocycles. The number of hydrogen-bond donors (Lipinski definition) is 1. The van der Waals surface area contributed by atoms with Gasteiger partial charge in [-0.05, 0) is 73.4 Å². The Bertz CT molecular complexity index is 896. The maximum Gasteiger partial charge on any atom is 0.229 e. The van der Waals surface area contributed by atoms with E-state index in [1.807, 2.05) is 11.8 Å². The van der Waals surface area contributed by atoms with Crippen molar-refractivity contribution in [1.29, 1.82) is 0 Å². The molecule has 178 valence electrons. The highest BCUT2D eigenvalue weighted by atomic mass is 19.1. The fourth-order valence-corrected chi connectivity index (χ4v) is 5.53. The van der Waals surface area contributed by atoms with Gasteiger partial charge in [0.2, 0.25) is 5.91 Å². The van der Waals surface area contributed by atoms with E-state index in [0.717, 1.165) is 55.6 Å². The third-order valence-electron chi connectivity index (χ3n) is 7.22. The van der Waals surface area contributed by atoms with Gasteiger partial charge in [0.15, 0.2) is 0 Å². The Hall–Kier alpha value is -2.40. The van der Waals surface area contributed by atoms with Gasteiger partial charge in [0, 0.05) is 44.5 Å². The summed E-state index contributed by atoms with van der Waals surface area (Å²) in [6.07, 6.45) is 3.14. The Morgan fingerprint density at radius 3 is 2.21 bits per heavy atom. The average Bonchev–Trinajstić information content (AvgIpc) is 2.80. The Kier molecular flexibility index (Phi) is 7.69. The number of carbonyl (C=O) groups excluding carboxylic acids is 1. The fourth-order valence-electron chi connectivity index (χ4n) is 5.53. The first-order valence-electron chi connectivity index (χ1n) is 12.5. The molecular formula is C28H38FN3O. The molecule has 2 aliphatic heterocycles. The number of carbonyl (C=O) groups is 1. The molecule has 0 spiro atoms. The summed E-state index contributed by atoms with van der Waals surface area (Å²) in [5.74, 6) is 1.39. The molecule has 1 amide bonds. The Morgan fingerprint density at radius 1 is 1.00 bits per heavy atom. The number of rotatable bonds is 6. The lowest BCUT2D eigenvalue weighted by molar-refractivity contribution is -0.133. The lowest BCUT2D eigenvalue weighted by Crippen LogP contribution is -2.43. The van der Waals surface area contributed by atoms with Crippen LogP contribution in [-0.2, 0) is 11.3 Å². The van der Waals surface area contributed by atoms with Gasteiger partial charge in [-0.3, -0.25) is 9.69 Å². The number of likely N-dealkylation sites (tertiary alicyclic amines) is 2. The predicted octanol–water partition coefficient (Wildman–Crippen LogP) is 5.51. The molecule has 4 rings (SSSR count). The van der Waals surface area contributed by atoms with Gasteiger partial charge in [0.05, 0.1) is 5.92 Å². The second kappa shape index (κ2) is 10.7. The SMILES string of the molecule is CC(C(=O)N1CCC(Nc2ccc(F)cc2)CC1)c1ccc(CN2C[C@H](C)C[C@H](C)C2)cc1. The lowest BCUT2D eigenvalue weighted by atomic mass is 9.91. The number of anilines is 1. The van der Waals surface area contributed by atoms with E-state index in [2.05, 4.69) is 48.3 Å². The van der Waals surface area contributed by atoms with Gasteiger partial charge in [-0.25, -0.2) is 4.39 Å². The van der Waals surface area contributed by atoms with Gasteiger partial charge >= 0.3 is 0 Å². The standard InChI is InChI=1S/C28H38FN3O/c1-20-16-21(2)18-31(17-20)19-23-4-6-24(7-5-23)22(3)28(33)32-14-12-27(13-15-32)30-26-10-8-25(29)9-11-26/h4-11,20-22,27,30H,12-19H2,1-3H3/t20-,21+,22?. The Labute approximate surface area is 198 Å². The highest BCUT2D eigenvalue weighted by Crippen LogP contribution is 2.25. The van der Waals surface area contributed by atoms with Crippen molar-refractivity contribution < 1.29 is 9.18 Å². The zero-order valence-corrected chi connectivity index (χ0v) is 20.3. The van der Waals surface area contributed by atoms with Crippen molar-refractivity contribution in [2.75, 3.05) is 31.5 Å². The molecule has 4 nitrogen and oxygen atoms in total. The van der Waals surface area contributed by atoms with Crippen molar-refractivity contribution in [3.63, 3.8) is 0 Å². The van der Waals surface area contributed by atoms with Crippen molar-refractivity contribution in [2.24, 2.45) is 11.8 Å². The molecule has 0 bridgehead atoms. The van der Waals surface area contributed by atoms with Crippen LogP contribution in [0.5, 0.6) is 0 Å². The summed E-state index contributed by atoms with van der Waals surface area (Å²) in [5.41, 5.74) is 3.35. The fraction of sp³-hybridized carbons (Fsp3) is 0.536. The van der Waals surface area contributed by atoms with E-state index in [9.17, 15) is 9.18 Å². The normalized spacial score (nSPS) is 23.3. The van der Waals surface area contributed by atoms with E-state index in [1.165, 1.54) is 37.2 Å². The van der Waals surface area contributed by atoms with Crippen LogP contribution in [0.15, 0.2) is 48.5 Å². The minimum absolute atomic E-state index is 0.129. The van der Waals surface area contributed by atoms with Crippen molar-refractivity contribution in [2.45, 2.75) is 58.5 Å². The predicted molar refractivity (Wildman–Crippen MR) is 133 cm³/mol. The summed E-state index contributed by atoms with van der Waals surface area (Å²) in [7, 11) is 0. The number of nitrogens with zero attached hydrogens (tertiary/aromatic N) is 2. The molecule has 1 N–H and O–H groups in total. The summed E-state index contributed by atoms with van der Waals surface area (Å²) in [6.45, 7) is 11.6. The van der Waals surface area contributed by atoms with Crippen LogP contribution in [0.4, 0.5) is 10.1 Å². The van der Waals surface area contributed by atoms with E-state index in [-0.39, 0.29) is 17.6 Å². The van der Waals surface area contributed by atoms with Crippen LogP contribution in [0.2, 0.25) is 0 Å². The minimum Gasteiger partial charge on any atom is -0.382 e. The zero-order chi connectivity index (χ0) is 23.4. The molecule has 1 unspecified atom stereocenters. The van der Waals surface area contributed by atoms with Crippen LogP contribution >= 0.6 is 0 Å². The number of amides is 1. The van der Waals surface area contributed by atoms with Crippen LogP contribution in [0.25, 0.3) is 0 Å². The maximum absolute atomic E-state index is 13.1. The second-order valence-electron chi connectivity index (χ2n) is 10.4. The topological polar surface area (TPSA) is 35.6 Å². The smallest absolute Gasteiger partial charge is 0.229 e. The van der Waals surface area contributed by atoms with Gasteiger partial charge in [-0.2, -0.15) is 0 Å². The van der Waals surface area contributed by atoms with Gasteiger partial charge in [0.1, 0.15) is 5.82 Å². The van der Waals surface area contributed by atoms with E-state index in [0.29, 0.717) is 6.04 Å². The van der Waals surface area contributed by atoms with E-state index < -0.39 is 0 Å². The summed E-state index contributed by atoms with van der Waals surface area (Å²) in [4.78, 5) is 17.7. The highest BCUT2D eigenvalue weighted by molar-refractivity contribution is 5.83. The molecule has 2 fully saturated rings. The monoisotopic (exact) mass is 451 g/mol. The van der Waals surface area contributed by atoms with E-state index in [1.54, 1.807) is 12.1 Å². The van der Waals surface area contributed by atoms with E-state index >= 15 is 0 Å². The van der Waals surface area contributed by atoms with Gasteiger partial charge in [0.25, 0.3) is 0 Å². The number of nitrogens with one attached hydrogen (secondary N) is 1. The van der Waals surface area contributed by atoms with E-state index in [4.69, 9.17) is 0 Å². The Balaban J connectivity index is 1.27. The van der Waals surface area contributed by atoms with Gasteiger partial charge < -0.3 is 10.2 Å². The zero-order valence-electron chi connectivity index (χ0n) is 20.3. The van der Waals surface area contributed by atoms with Crippen LogP contribution in [0.3, 0.4) is 0 Å². The van der Waals surface area contributed by atoms with Crippen LogP contribution in [0.1, 0.15) is 57.1 Å². The van der Waals surface area contributed by atoms with Crippen LogP contribution in [-0.4, -0.2) is 47.9 Å². The number of hydrogen-bond acceptors (Lipinski definition) is 3. The van der Waals surface area contributed by atoms with Crippen LogP contribution < -0.4 is 5.32 Å². The minimum atomic E-state index is -0.223. The molecule has 5 heteroatoms. The quantitative estimate of drug-likeness (QED) is 0.629. The van der Waals surface area contributed by atoms with Gasteiger partial charge in [-0.1, -0.05) is 38.1 Å². The molecule has 0 saturated carbocycles. The first kappa shape index (κ1) is 23.7. The first-order valence-corrected chi connectivity index (χ1v) is 12.5. The van der Waals surface area contributed by atoms with Gasteiger partial charge in [-0.15, -0.1) is 0 Å². The molecule has 2 saturated heterocycles. The average molecular weight is 452 g/mol. The van der Waals surface area contributed by atoms with Crippen molar-refractivity contribution in [3.8, 4) is 0 Å². The van der Waals surface area contributed by atoms with Crippen molar-refractivity contribution in [1.82, 2.24) is 9.80 Å². The largest absolute Gasteiger partial charge is 0.382 e. The molecule has 0 aromatic heterocycles. The summed E-state index contributed by atoms with van der Waals surface area (Å²) < 4.78 is 13.1. The number of benzene rings is 2. The lowest BCUT2D eigenvalue weighted by Gasteiger charge is -2.35. The number of piperidine rings is 2. The molecule has 2 heterocycles. The third kappa shape index (κ3) is 6.35. The van der Waals surface area contributed by atoms with Crippen molar-refractivity contribution >= 4 is 11.6 Å². The molecular weight excluding hydrogens is 413 g/mol. The molecule has 2 aliphatic rings. The molecule has 0 radical (unpaired) electrons. The summed E-state index contributed by atoms with van der Waals surface area (Å²) >= 11 is 0. The van der Waals surface area contributed by atoms with Crippen LogP contribution in [0, 0.1) is 17.7 Å². The maximum atomic E-state index is 13.1. The highest BCUT2D eigenvalue weighted by Gasteiger charge is 2.27. The molecule has 2 aromatic carbocycles. The molecule has 33 heavy (non-hydrogen) atoms. The van der Waals surface area contributed by atoms with Crippen molar-refractivity contribution in [3.05, 3.63) is 65.5 Å². The Morgan fingerprint density at radius 2 is 1.61 bits per heavy atom. The molecule has 3 atom stereocenters. The molecule has 2 aromatic rings. The summed E-state index contributed by atoms with van der Waals surface area (Å²) in [6, 6.07) is 15.5. The first-order chi connectivity index (χ1) is 15.9.